The minimum Gasteiger partial charge on any atom is -0.379 e. The van der Waals surface area contributed by atoms with E-state index in [0.29, 0.717) is 39.1 Å². The maximum absolute atomic E-state index is 14.5. The fourth-order valence-corrected chi connectivity index (χ4v) is 9.36. The van der Waals surface area contributed by atoms with Crippen molar-refractivity contribution in [2.45, 2.75) is 123 Å². The number of aromatic nitrogens is 1. The van der Waals surface area contributed by atoms with E-state index in [4.69, 9.17) is 14.2 Å². The van der Waals surface area contributed by atoms with Crippen LogP contribution in [0, 0.1) is 23.7 Å². The van der Waals surface area contributed by atoms with Gasteiger partial charge in [0.05, 0.1) is 61.9 Å². The molecule has 9 atom stereocenters. The minimum atomic E-state index is -0.792. The Balaban J connectivity index is 1.76. The molecule has 0 spiro atoms. The SMILES string of the molecule is CC[C@H](C)[C@@H]([C@@H](CC(=O)N1CCCC1[C@H](OC)[C@@H](C)C(=O)N[C@@H](Cc1ccccc1)c1nccs1)OC)N(C)C(=O)C(NC(=O)C(C(C)C)N(C)CCOCCNC)C(C)C. The molecule has 14 nitrogen and oxygen atoms in total. The molecule has 3 rings (SSSR count). The third-order valence-corrected chi connectivity index (χ3v) is 13.2. The van der Waals surface area contributed by atoms with E-state index < -0.39 is 36.3 Å². The van der Waals surface area contributed by atoms with Crippen LogP contribution in [0.3, 0.4) is 0 Å². The topological polar surface area (TPSA) is 155 Å². The van der Waals surface area contributed by atoms with Gasteiger partial charge in [-0.05, 0) is 56.7 Å². The molecule has 0 saturated carbocycles. The zero-order valence-corrected chi connectivity index (χ0v) is 39.8. The van der Waals surface area contributed by atoms with Crippen LogP contribution in [0.15, 0.2) is 41.9 Å². The number of methoxy groups -OCH3 is 2. The number of nitrogens with zero attached hydrogens (tertiary/aromatic N) is 4. The van der Waals surface area contributed by atoms with Crippen LogP contribution in [0.25, 0.3) is 0 Å². The second kappa shape index (κ2) is 26.2. The van der Waals surface area contributed by atoms with Crippen LogP contribution in [0.5, 0.6) is 0 Å². The molecule has 1 aliphatic heterocycles. The Bertz CT molecular complexity index is 1600. The summed E-state index contributed by atoms with van der Waals surface area (Å²) in [4.78, 5) is 66.9. The zero-order valence-electron chi connectivity index (χ0n) is 39.0. The molecular weight excluding hydrogens is 795 g/mol. The highest BCUT2D eigenvalue weighted by molar-refractivity contribution is 7.09. The van der Waals surface area contributed by atoms with Crippen molar-refractivity contribution in [1.82, 2.24) is 35.6 Å². The van der Waals surface area contributed by atoms with Gasteiger partial charge in [-0.1, -0.05) is 85.2 Å². The van der Waals surface area contributed by atoms with Gasteiger partial charge in [-0.2, -0.15) is 0 Å². The van der Waals surface area contributed by atoms with E-state index in [-0.39, 0.29) is 59.9 Å². The molecule has 1 aliphatic rings. The Morgan fingerprint density at radius 3 is 2.23 bits per heavy atom. The van der Waals surface area contributed by atoms with Gasteiger partial charge >= 0.3 is 0 Å². The first-order valence-electron chi connectivity index (χ1n) is 22.2. The molecule has 2 heterocycles. The minimum absolute atomic E-state index is 0.00993. The number of thiazole rings is 1. The summed E-state index contributed by atoms with van der Waals surface area (Å²) in [5.41, 5.74) is 1.09. The van der Waals surface area contributed by atoms with Crippen molar-refractivity contribution in [1.29, 1.82) is 0 Å². The normalized spacial score (nSPS) is 18.3. The van der Waals surface area contributed by atoms with Gasteiger partial charge in [-0.15, -0.1) is 11.3 Å². The largest absolute Gasteiger partial charge is 0.379 e. The lowest BCUT2D eigenvalue weighted by atomic mass is 9.89. The fraction of sp³-hybridized carbons (Fsp3) is 0.717. The number of hydrogen-bond acceptors (Lipinski definition) is 11. The highest BCUT2D eigenvalue weighted by atomic mass is 32.1. The molecule has 2 aromatic rings. The van der Waals surface area contributed by atoms with Crippen molar-refractivity contribution >= 4 is 35.0 Å². The molecule has 344 valence electrons. The van der Waals surface area contributed by atoms with Gasteiger partial charge in [-0.3, -0.25) is 24.1 Å². The van der Waals surface area contributed by atoms with Gasteiger partial charge < -0.3 is 40.0 Å². The number of carbonyl (C=O) groups is 4. The van der Waals surface area contributed by atoms with Crippen molar-refractivity contribution in [2.24, 2.45) is 23.7 Å². The van der Waals surface area contributed by atoms with Crippen molar-refractivity contribution < 1.29 is 33.4 Å². The zero-order chi connectivity index (χ0) is 45.2. The van der Waals surface area contributed by atoms with Crippen molar-refractivity contribution in [3.63, 3.8) is 0 Å². The van der Waals surface area contributed by atoms with Crippen molar-refractivity contribution in [3.05, 3.63) is 52.5 Å². The summed E-state index contributed by atoms with van der Waals surface area (Å²) in [6, 6.07) is 7.67. The average Bonchev–Trinajstić information content (AvgIpc) is 3.96. The van der Waals surface area contributed by atoms with Crippen molar-refractivity contribution in [2.75, 3.05) is 68.2 Å². The number of amides is 4. The van der Waals surface area contributed by atoms with Crippen LogP contribution in [0.4, 0.5) is 0 Å². The van der Waals surface area contributed by atoms with E-state index in [1.54, 1.807) is 32.4 Å². The van der Waals surface area contributed by atoms with Gasteiger partial charge in [0, 0.05) is 52.5 Å². The second-order valence-corrected chi connectivity index (χ2v) is 18.3. The molecule has 15 heteroatoms. The third kappa shape index (κ3) is 14.8. The van der Waals surface area contributed by atoms with Crippen molar-refractivity contribution in [3.8, 4) is 0 Å². The fourth-order valence-electron chi connectivity index (χ4n) is 8.67. The first kappa shape index (κ1) is 51.9. The first-order valence-corrected chi connectivity index (χ1v) is 23.1. The van der Waals surface area contributed by atoms with Gasteiger partial charge in [-0.25, -0.2) is 4.98 Å². The second-order valence-electron chi connectivity index (χ2n) is 17.3. The molecule has 1 aromatic heterocycles. The van der Waals surface area contributed by atoms with E-state index in [9.17, 15) is 19.2 Å². The monoisotopic (exact) mass is 872 g/mol. The Kier molecular flexibility index (Phi) is 22.3. The van der Waals surface area contributed by atoms with Crippen LogP contribution >= 0.6 is 11.3 Å². The number of nitrogens with one attached hydrogen (secondary N) is 3. The van der Waals surface area contributed by atoms with Gasteiger partial charge in [0.15, 0.2) is 0 Å². The molecule has 1 aromatic carbocycles. The lowest BCUT2D eigenvalue weighted by Crippen LogP contribution is -2.60. The molecule has 1 fully saturated rings. The predicted octanol–water partition coefficient (Wildman–Crippen LogP) is 4.80. The molecule has 61 heavy (non-hydrogen) atoms. The third-order valence-electron chi connectivity index (χ3n) is 12.3. The highest BCUT2D eigenvalue weighted by Crippen LogP contribution is 2.30. The van der Waals surface area contributed by atoms with Crippen LogP contribution < -0.4 is 16.0 Å². The Hall–Kier alpha value is -3.47. The first-order chi connectivity index (χ1) is 29.1. The van der Waals surface area contributed by atoms with Crippen LogP contribution in [-0.4, -0.2) is 148 Å². The highest BCUT2D eigenvalue weighted by Gasteiger charge is 2.43. The molecule has 0 bridgehead atoms. The molecule has 3 unspecified atom stereocenters. The number of rotatable bonds is 27. The lowest BCUT2D eigenvalue weighted by Gasteiger charge is -2.41. The van der Waals surface area contributed by atoms with Gasteiger partial charge in [0.2, 0.25) is 23.6 Å². The number of carbonyl (C=O) groups excluding carboxylic acids is 4. The Labute approximate surface area is 370 Å². The van der Waals surface area contributed by atoms with Crippen LogP contribution in [0.1, 0.15) is 90.8 Å². The maximum atomic E-state index is 14.5. The number of likely N-dealkylation sites (N-methyl/N-ethyl adjacent to an activating group) is 3. The molecule has 3 N–H and O–H groups in total. The summed E-state index contributed by atoms with van der Waals surface area (Å²) in [6.07, 6.45) is 3.41. The predicted molar refractivity (Wildman–Crippen MR) is 242 cm³/mol. The lowest BCUT2D eigenvalue weighted by molar-refractivity contribution is -0.148. The number of benzene rings is 1. The van der Waals surface area contributed by atoms with Crippen LogP contribution in [-0.2, 0) is 39.8 Å². The summed E-state index contributed by atoms with van der Waals surface area (Å²) < 4.78 is 17.9. The molecule has 0 radical (unpaired) electrons. The quantitative estimate of drug-likeness (QED) is 0.107. The smallest absolute Gasteiger partial charge is 0.245 e. The van der Waals surface area contributed by atoms with E-state index in [2.05, 4.69) is 34.8 Å². The Morgan fingerprint density at radius 2 is 1.66 bits per heavy atom. The molecule has 4 amide bonds. The summed E-state index contributed by atoms with van der Waals surface area (Å²) in [6.45, 7) is 16.8. The molecular formula is C46H77N7O7S. The summed E-state index contributed by atoms with van der Waals surface area (Å²) in [5.74, 6) is -1.53. The van der Waals surface area contributed by atoms with Crippen LogP contribution in [0.2, 0.25) is 0 Å². The van der Waals surface area contributed by atoms with E-state index in [1.165, 1.54) is 11.3 Å². The summed E-state index contributed by atoms with van der Waals surface area (Å²) in [5, 5.41) is 12.1. The standard InChI is InChI=1S/C46H77N7O7S/c1-13-32(6)41(52(10)46(57)39(30(2)3)50-44(56)40(31(4)5)51(9)24-26-60-25-21-47-8)37(58-11)29-38(54)53-23-17-20-36(53)42(59-12)33(7)43(55)49-35(45-48-22-27-61-45)28-34-18-15-14-16-19-34/h14-16,18-19,22,27,30-33,35-37,39-42,47H,13,17,20-21,23-26,28-29H2,1-12H3,(H,49,55)(H,50,56)/t32-,33+,35-,36?,37+,39?,40?,41-,42+/m0/s1. The number of likely N-dealkylation sites (tertiary alicyclic amines) is 1. The number of hydrogen-bond donors (Lipinski definition) is 3. The summed E-state index contributed by atoms with van der Waals surface area (Å²) >= 11 is 1.51. The van der Waals surface area contributed by atoms with Gasteiger partial charge in [0.1, 0.15) is 11.0 Å². The maximum Gasteiger partial charge on any atom is 0.245 e. The van der Waals surface area contributed by atoms with E-state index >= 15 is 0 Å². The molecule has 1 saturated heterocycles. The Morgan fingerprint density at radius 1 is 0.951 bits per heavy atom. The average molecular weight is 872 g/mol. The van der Waals surface area contributed by atoms with E-state index in [0.717, 1.165) is 30.0 Å². The number of ether oxygens (including phenoxy) is 3. The van der Waals surface area contributed by atoms with Gasteiger partial charge in [0.25, 0.3) is 0 Å². The summed E-state index contributed by atoms with van der Waals surface area (Å²) in [7, 11) is 8.72. The van der Waals surface area contributed by atoms with E-state index in [1.807, 2.05) is 94.2 Å². The molecule has 0 aliphatic carbocycles.